The van der Waals surface area contributed by atoms with Crippen LogP contribution in [0.3, 0.4) is 0 Å². The Kier molecular flexibility index (Phi) is 89.8. The summed E-state index contributed by atoms with van der Waals surface area (Å²) < 4.78 is 4.77. The number of carboxylic acid groups (broad SMARTS) is 3. The molecule has 6 rings (SSSR count). The number of ether oxygens (including phenoxy) is 1. The Labute approximate surface area is 903 Å². The predicted octanol–water partition coefficient (Wildman–Crippen LogP) is 29.3. The van der Waals surface area contributed by atoms with Crippen molar-refractivity contribution in [1.29, 1.82) is 0 Å². The predicted molar refractivity (Wildman–Crippen MR) is 621 cm³/mol. The molecule has 4 aromatic carbocycles. The third-order valence-electron chi connectivity index (χ3n) is 25.8. The van der Waals surface area contributed by atoms with E-state index in [0.29, 0.717) is 109 Å². The van der Waals surface area contributed by atoms with Crippen LogP contribution in [0.1, 0.15) is 354 Å². The second-order valence-electron chi connectivity index (χ2n) is 46.6. The van der Waals surface area contributed by atoms with Gasteiger partial charge in [0.05, 0.1) is 84.2 Å². The number of amides is 2. The molecule has 148 heavy (non-hydrogen) atoms. The monoisotopic (exact) mass is 2090 g/mol. The lowest BCUT2D eigenvalue weighted by Crippen LogP contribution is -2.36. The van der Waals surface area contributed by atoms with E-state index in [2.05, 4.69) is 206 Å². The third-order valence-corrected chi connectivity index (χ3v) is 25.8. The molecule has 858 valence electrons. The fourth-order valence-electron chi connectivity index (χ4n) is 16.1. The third kappa shape index (κ3) is 83.3. The van der Waals surface area contributed by atoms with Crippen molar-refractivity contribution < 1.29 is 100 Å². The lowest BCUT2D eigenvalue weighted by molar-refractivity contribution is -0.144. The summed E-state index contributed by atoms with van der Waals surface area (Å²) in [5.41, 5.74) is 5.87. The van der Waals surface area contributed by atoms with Crippen molar-refractivity contribution >= 4 is 29.7 Å². The van der Waals surface area contributed by atoms with E-state index < -0.39 is 24.0 Å². The minimum atomic E-state index is -0.705. The first-order chi connectivity index (χ1) is 68.3. The number of carbonyl (C=O) groups is 5. The van der Waals surface area contributed by atoms with Crippen LogP contribution in [0.5, 0.6) is 0 Å². The Hall–Kier alpha value is -8.35. The van der Waals surface area contributed by atoms with Gasteiger partial charge in [-0.15, -0.1) is 0 Å². The minimum absolute atomic E-state index is 0.0208. The summed E-state index contributed by atoms with van der Waals surface area (Å²) in [6.07, 6.45) is 11.2. The van der Waals surface area contributed by atoms with Gasteiger partial charge in [0, 0.05) is 59.4 Å². The van der Waals surface area contributed by atoms with Gasteiger partial charge in [-0.1, -0.05) is 382 Å². The van der Waals surface area contributed by atoms with Crippen molar-refractivity contribution in [2.45, 2.75) is 389 Å². The number of hydrogen-bond acceptors (Lipinski definition) is 17. The van der Waals surface area contributed by atoms with E-state index in [4.69, 9.17) is 71.1 Å². The van der Waals surface area contributed by atoms with E-state index in [-0.39, 0.29) is 155 Å². The summed E-state index contributed by atoms with van der Waals surface area (Å²) in [6, 6.07) is 39.3. The molecule has 2 aliphatic rings. The largest absolute Gasteiger partial charge is 0.513 e. The standard InChI is InChI=1S/C15H21NO.C13H18O2.C12H23NO.C12H16O2.C12H18O.C9H18O3.C9H18O2.C9H18O.C8H16O2.C7H14O2.C7H16O.C7H14O.C6H14O/c1-11(2)14(15(17)16-13-8-9-13)10-12-6-4-3-5-7-12;1-9(2)12(13(14)15)8-11-6-4-10(3)5-7-11;1-8(2)7-11(9(3)4)12(14)13-10-5-6-10;1-9(2)11(12(13)14)8-10-6-4-3-5-7-10;1-9(2)12(10(3)13)11-7-5-4-6-8-11;1-7(2)9(8(3)11)4-5-12-6-10;1-6(2)5-8(7(3)4)9(10)11;1-6(2)9(7(3)4)8(5)10;1-5(2)8(6(3)9)7(4)10;1-5(2)7(4-8)6(3)9;1-6(2)4-5-7(3)8;1-5(2)6(3)7(4)8;1-5(2)4-6(3)7/h3-7,11,13-14H,8-10H2,1-2H3,(H,16,17);4-7,9,12H,8H2,1-3H3,(H,14,15);8-11H,5-7H2,1-4H3,(H,13,14);3-7,9,11H,8H2,1-2H3,(H,13,14);4-10,12-13H,1-3H3;7,9-11H,3-6H2,1-2H3;6-8H,5H2,1-4H3,(H,10,11);6-7,9-10H,5H2,1-4H3;5,7-10H,3H2,1-2,4H3;5,7-9H,3-4H2,1-2H3;6-8H,4-5H2,1-3H3;5-6,8H,4H2,1-3H3;5-7H,4H2,1-3H3. The highest BCUT2D eigenvalue weighted by Crippen LogP contribution is 2.32. The molecule has 0 saturated heterocycles. The number of hydrogen-bond donors (Lipinski definition) is 16. The lowest BCUT2D eigenvalue weighted by Gasteiger charge is -2.24. The van der Waals surface area contributed by atoms with E-state index in [9.17, 15) is 29.1 Å². The van der Waals surface area contributed by atoms with Crippen LogP contribution in [0.15, 0.2) is 177 Å². The summed E-state index contributed by atoms with van der Waals surface area (Å²) in [7, 11) is 0. The van der Waals surface area contributed by atoms with Crippen LogP contribution in [-0.2, 0) is 48.0 Å². The maximum atomic E-state index is 12.1. The zero-order chi connectivity index (χ0) is 117. The Morgan fingerprint density at radius 1 is 0.311 bits per heavy atom. The molecular weight excluding hydrogens is 1860 g/mol. The number of nitrogens with one attached hydrogen (secondary N) is 2. The number of rotatable bonds is 47. The first-order valence-electron chi connectivity index (χ1n) is 55.2. The van der Waals surface area contributed by atoms with E-state index in [1.54, 1.807) is 6.92 Å². The summed E-state index contributed by atoms with van der Waals surface area (Å²) in [4.78, 5) is 56.6. The van der Waals surface area contributed by atoms with Crippen molar-refractivity contribution in [1.82, 2.24) is 10.6 Å². The van der Waals surface area contributed by atoms with Crippen molar-refractivity contribution in [3.05, 3.63) is 205 Å². The van der Waals surface area contributed by atoms with Gasteiger partial charge in [0.25, 0.3) is 0 Å². The molecule has 0 aromatic heterocycles. The van der Waals surface area contributed by atoms with Gasteiger partial charge >= 0.3 is 17.9 Å². The molecule has 2 fully saturated rings. The molecule has 0 spiro atoms. The number of carbonyl (C=O) groups excluding carboxylic acids is 2. The van der Waals surface area contributed by atoms with Gasteiger partial charge in [0.1, 0.15) is 6.79 Å². The Bertz CT molecular complexity index is 3920. The molecule has 0 aliphatic heterocycles. The molecule has 14 unspecified atom stereocenters. The van der Waals surface area contributed by atoms with Crippen LogP contribution in [0, 0.1) is 161 Å². The molecule has 0 radical (unpaired) electrons. The van der Waals surface area contributed by atoms with E-state index in [1.807, 2.05) is 209 Å². The van der Waals surface area contributed by atoms with Crippen LogP contribution >= 0.6 is 0 Å². The lowest BCUT2D eigenvalue weighted by atomic mass is 9.84. The van der Waals surface area contributed by atoms with Crippen molar-refractivity contribution in [3.63, 3.8) is 0 Å². The number of benzene rings is 4. The van der Waals surface area contributed by atoms with Crippen molar-refractivity contribution in [2.24, 2.45) is 154 Å². The topological polar surface area (TPSA) is 402 Å². The highest BCUT2D eigenvalue weighted by Gasteiger charge is 2.33. The molecule has 16 N–H and O–H groups in total. The maximum absolute atomic E-state index is 12.1. The van der Waals surface area contributed by atoms with E-state index >= 15 is 0 Å². The highest BCUT2D eigenvalue weighted by atomic mass is 16.6. The summed E-state index contributed by atoms with van der Waals surface area (Å²) >= 11 is 0. The quantitative estimate of drug-likeness (QED) is 0.0111. The second-order valence-corrected chi connectivity index (χ2v) is 46.6. The minimum Gasteiger partial charge on any atom is -0.513 e. The Balaban J connectivity index is -0.000000293. The van der Waals surface area contributed by atoms with Gasteiger partial charge in [-0.25, -0.2) is 0 Å². The normalized spacial score (nSPS) is 14.7. The van der Waals surface area contributed by atoms with Crippen LogP contribution in [0.4, 0.5) is 0 Å². The molecule has 0 bridgehead atoms. The van der Waals surface area contributed by atoms with Crippen LogP contribution in [-0.4, -0.2) is 158 Å². The van der Waals surface area contributed by atoms with Gasteiger partial charge in [-0.3, -0.25) is 24.0 Å². The zero-order valence-electron chi connectivity index (χ0n) is 100. The highest BCUT2D eigenvalue weighted by molar-refractivity contribution is 5.80. The molecule has 22 heteroatoms. The van der Waals surface area contributed by atoms with Gasteiger partial charge in [-0.2, -0.15) is 0 Å². The smallest absolute Gasteiger partial charge is 0.307 e. The molecular formula is C126H224N2O20. The van der Waals surface area contributed by atoms with Gasteiger partial charge in [0.2, 0.25) is 11.8 Å². The molecule has 2 amide bonds. The van der Waals surface area contributed by atoms with Gasteiger partial charge < -0.3 is 86.9 Å². The average Bonchev–Trinajstić information content (AvgIpc) is 1.87. The SMILES string of the molecule is C=C(O)C(C(C)C)C(C)C.C=C(O)C(C(C)C)C(C)O.C=C(O)C(C)C(C)C.C=C(O)C(CCOCO)C(C)C.C=C(O)C(CO)C(C)C.CC(C)C(Cc1ccccc1)C(=O)NC1CC1.CC(C)C(Cc1ccccc1)C(=O)O.CC(C)C(c1ccccc1)C(C)O.CC(C)CC(C(=O)NC1CC1)C(C)C.CC(C)CC(C(=O)O)C(C)C.CC(C)CC(C)O.CC(C)CCC(C)O.Cc1ccc(CC(C(=O)O)C(C)C)cc1. The average molecular weight is 2090 g/mol. The number of aliphatic hydroxyl groups excluding tert-OH is 11. The molecule has 14 atom stereocenters. The molecule has 0 heterocycles. The van der Waals surface area contributed by atoms with E-state index in [1.165, 1.54) is 29.5 Å². The Morgan fingerprint density at radius 2 is 0.628 bits per heavy atom. The zero-order valence-corrected chi connectivity index (χ0v) is 100. The molecule has 4 aromatic rings. The maximum Gasteiger partial charge on any atom is 0.307 e. The summed E-state index contributed by atoms with van der Waals surface area (Å²) in [5, 5.41) is 131. The number of aliphatic hydroxyl groups is 11. The van der Waals surface area contributed by atoms with E-state index in [0.717, 1.165) is 68.4 Å². The van der Waals surface area contributed by atoms with Crippen LogP contribution in [0.25, 0.3) is 0 Å². The van der Waals surface area contributed by atoms with Crippen molar-refractivity contribution in [2.75, 3.05) is 20.0 Å². The summed E-state index contributed by atoms with van der Waals surface area (Å²) in [5.74, 6) is 6.04. The molecule has 22 nitrogen and oxygen atoms in total. The first kappa shape index (κ1) is 153. The number of aryl methyl sites for hydroxylation is 1. The molecule has 2 saturated carbocycles. The number of aliphatic carboxylic acids is 3. The molecule has 2 aliphatic carbocycles. The van der Waals surface area contributed by atoms with Crippen molar-refractivity contribution in [3.8, 4) is 0 Å². The first-order valence-corrected chi connectivity index (χ1v) is 55.2. The van der Waals surface area contributed by atoms with Crippen LogP contribution < -0.4 is 10.6 Å². The number of allylic oxidation sites excluding steroid dienone is 3. The fourth-order valence-corrected chi connectivity index (χ4v) is 16.1. The number of carboxylic acids is 3. The fraction of sp³-hybridized carbons (Fsp3) is 0.690. The van der Waals surface area contributed by atoms with Gasteiger partial charge in [0.15, 0.2) is 0 Å². The van der Waals surface area contributed by atoms with Crippen LogP contribution in [0.2, 0.25) is 0 Å². The second kappa shape index (κ2) is 87.1. The Morgan fingerprint density at radius 3 is 0.818 bits per heavy atom. The van der Waals surface area contributed by atoms with Gasteiger partial charge in [-0.05, 0) is 235 Å². The summed E-state index contributed by atoms with van der Waals surface area (Å²) in [6.45, 7) is 94.4.